The average molecular weight is 208 g/mol. The van der Waals surface area contributed by atoms with Gasteiger partial charge in [-0.3, -0.25) is 4.90 Å². The van der Waals surface area contributed by atoms with E-state index < -0.39 is 0 Å². The fourth-order valence-corrected chi connectivity index (χ4v) is 2.14. The molecule has 1 fully saturated rings. The maximum Gasteiger partial charge on any atom is 0.122 e. The molecule has 2 heterocycles. The van der Waals surface area contributed by atoms with Crippen LogP contribution in [0.1, 0.15) is 18.7 Å². The molecule has 1 aromatic heterocycles. The molecule has 2 rings (SSSR count). The van der Waals surface area contributed by atoms with Crippen molar-refractivity contribution in [3.05, 3.63) is 18.2 Å². The topological polar surface area (TPSA) is 33.1 Å². The highest BCUT2D eigenvalue weighted by Crippen LogP contribution is 2.07. The SMILES string of the molecule is CN(Cc1nccn1C)C[C@H]1CCCN1. The van der Waals surface area contributed by atoms with E-state index in [4.69, 9.17) is 0 Å². The van der Waals surface area contributed by atoms with Crippen LogP contribution in [0.15, 0.2) is 12.4 Å². The summed E-state index contributed by atoms with van der Waals surface area (Å²) in [5, 5.41) is 3.51. The van der Waals surface area contributed by atoms with Crippen LogP contribution in [-0.2, 0) is 13.6 Å². The first kappa shape index (κ1) is 10.6. The van der Waals surface area contributed by atoms with E-state index in [1.807, 2.05) is 19.4 Å². The first-order valence-electron chi connectivity index (χ1n) is 5.64. The van der Waals surface area contributed by atoms with Crippen molar-refractivity contribution in [2.75, 3.05) is 20.1 Å². The van der Waals surface area contributed by atoms with Crippen LogP contribution >= 0.6 is 0 Å². The van der Waals surface area contributed by atoms with Gasteiger partial charge in [0.15, 0.2) is 0 Å². The van der Waals surface area contributed by atoms with Crippen LogP contribution in [0.3, 0.4) is 0 Å². The van der Waals surface area contributed by atoms with Gasteiger partial charge in [0.1, 0.15) is 5.82 Å². The summed E-state index contributed by atoms with van der Waals surface area (Å²) in [4.78, 5) is 6.67. The highest BCUT2D eigenvalue weighted by molar-refractivity contribution is 4.91. The van der Waals surface area contributed by atoms with Gasteiger partial charge in [0.2, 0.25) is 0 Å². The lowest BCUT2D eigenvalue weighted by atomic mass is 10.2. The molecule has 0 bridgehead atoms. The third-order valence-electron chi connectivity index (χ3n) is 3.03. The van der Waals surface area contributed by atoms with Gasteiger partial charge in [-0.2, -0.15) is 0 Å². The Kier molecular flexibility index (Phi) is 3.38. The minimum atomic E-state index is 0.676. The van der Waals surface area contributed by atoms with E-state index in [1.54, 1.807) is 0 Å². The standard InChI is InChI=1S/C11H20N4/c1-14(8-10-4-3-5-12-10)9-11-13-6-7-15(11)2/h6-7,10,12H,3-5,8-9H2,1-2H3/t10-/m1/s1. The molecule has 0 amide bonds. The molecule has 1 saturated heterocycles. The van der Waals surface area contributed by atoms with Crippen LogP contribution in [0, 0.1) is 0 Å². The summed E-state index contributed by atoms with van der Waals surface area (Å²) < 4.78 is 2.08. The van der Waals surface area contributed by atoms with Gasteiger partial charge >= 0.3 is 0 Å². The predicted molar refractivity (Wildman–Crippen MR) is 60.6 cm³/mol. The van der Waals surface area contributed by atoms with Crippen molar-refractivity contribution in [3.63, 3.8) is 0 Å². The Morgan fingerprint density at radius 2 is 2.53 bits per heavy atom. The number of hydrogen-bond donors (Lipinski definition) is 1. The third-order valence-corrected chi connectivity index (χ3v) is 3.03. The Morgan fingerprint density at radius 1 is 1.67 bits per heavy atom. The summed E-state index contributed by atoms with van der Waals surface area (Å²) in [6.45, 7) is 3.23. The van der Waals surface area contributed by atoms with Crippen LogP contribution in [0.25, 0.3) is 0 Å². The summed E-state index contributed by atoms with van der Waals surface area (Å²) >= 11 is 0. The smallest absolute Gasteiger partial charge is 0.122 e. The lowest BCUT2D eigenvalue weighted by Gasteiger charge is -2.20. The Bertz CT molecular complexity index is 301. The molecule has 1 atom stereocenters. The number of nitrogens with zero attached hydrogens (tertiary/aromatic N) is 3. The summed E-state index contributed by atoms with van der Waals surface area (Å²) in [5.41, 5.74) is 0. The molecule has 84 valence electrons. The van der Waals surface area contributed by atoms with E-state index >= 15 is 0 Å². The zero-order valence-electron chi connectivity index (χ0n) is 9.61. The van der Waals surface area contributed by atoms with Crippen LogP contribution < -0.4 is 5.32 Å². The van der Waals surface area contributed by atoms with Crippen molar-refractivity contribution in [2.45, 2.75) is 25.4 Å². The van der Waals surface area contributed by atoms with E-state index in [0.29, 0.717) is 6.04 Å². The van der Waals surface area contributed by atoms with Crippen molar-refractivity contribution in [1.82, 2.24) is 19.8 Å². The van der Waals surface area contributed by atoms with Crippen molar-refractivity contribution in [3.8, 4) is 0 Å². The first-order valence-corrected chi connectivity index (χ1v) is 5.64. The zero-order valence-corrected chi connectivity index (χ0v) is 9.61. The largest absolute Gasteiger partial charge is 0.337 e. The zero-order chi connectivity index (χ0) is 10.7. The van der Waals surface area contributed by atoms with Crippen LogP contribution in [0.5, 0.6) is 0 Å². The van der Waals surface area contributed by atoms with Crippen molar-refractivity contribution >= 4 is 0 Å². The maximum atomic E-state index is 4.33. The highest BCUT2D eigenvalue weighted by atomic mass is 15.2. The molecule has 4 heteroatoms. The molecule has 1 aromatic rings. The lowest BCUT2D eigenvalue weighted by molar-refractivity contribution is 0.284. The third kappa shape index (κ3) is 2.79. The summed E-state index contributed by atoms with van der Waals surface area (Å²) in [5.74, 6) is 1.13. The van der Waals surface area contributed by atoms with Gasteiger partial charge in [-0.15, -0.1) is 0 Å². The van der Waals surface area contributed by atoms with Crippen molar-refractivity contribution in [2.24, 2.45) is 7.05 Å². The Balaban J connectivity index is 1.81. The molecule has 0 aromatic carbocycles. The molecule has 0 unspecified atom stereocenters. The van der Waals surface area contributed by atoms with Crippen LogP contribution in [0.2, 0.25) is 0 Å². The molecule has 0 spiro atoms. The number of aryl methyl sites for hydroxylation is 1. The molecule has 1 aliphatic rings. The predicted octanol–water partition coefficient (Wildman–Crippen LogP) is 0.604. The van der Waals surface area contributed by atoms with E-state index in [1.165, 1.54) is 19.4 Å². The Morgan fingerprint density at radius 3 is 3.13 bits per heavy atom. The highest BCUT2D eigenvalue weighted by Gasteiger charge is 2.16. The van der Waals surface area contributed by atoms with Crippen molar-refractivity contribution in [1.29, 1.82) is 0 Å². The fourth-order valence-electron chi connectivity index (χ4n) is 2.14. The van der Waals surface area contributed by atoms with Gasteiger partial charge in [-0.25, -0.2) is 4.98 Å². The maximum absolute atomic E-state index is 4.33. The number of likely N-dealkylation sites (N-methyl/N-ethyl adjacent to an activating group) is 1. The average Bonchev–Trinajstić information content (AvgIpc) is 2.79. The van der Waals surface area contributed by atoms with E-state index in [0.717, 1.165) is 18.9 Å². The quantitative estimate of drug-likeness (QED) is 0.787. The second-order valence-electron chi connectivity index (χ2n) is 4.44. The molecule has 1 N–H and O–H groups in total. The fraction of sp³-hybridized carbons (Fsp3) is 0.727. The summed E-state index contributed by atoms with van der Waals surface area (Å²) in [6, 6.07) is 0.676. The molecule has 0 aliphatic carbocycles. The second kappa shape index (κ2) is 4.77. The van der Waals surface area contributed by atoms with Crippen molar-refractivity contribution < 1.29 is 0 Å². The number of aromatic nitrogens is 2. The normalized spacial score (nSPS) is 21.4. The second-order valence-corrected chi connectivity index (χ2v) is 4.44. The summed E-state index contributed by atoms with van der Waals surface area (Å²) in [7, 11) is 4.21. The number of nitrogens with one attached hydrogen (secondary N) is 1. The van der Waals surface area contributed by atoms with Gasteiger partial charge in [-0.1, -0.05) is 0 Å². The van der Waals surface area contributed by atoms with E-state index in [-0.39, 0.29) is 0 Å². The van der Waals surface area contributed by atoms with E-state index in [2.05, 4.69) is 26.8 Å². The molecular weight excluding hydrogens is 188 g/mol. The lowest BCUT2D eigenvalue weighted by Crippen LogP contribution is -2.35. The van der Waals surface area contributed by atoms with Gasteiger partial charge in [0.05, 0.1) is 6.54 Å². The minimum Gasteiger partial charge on any atom is -0.337 e. The Hall–Kier alpha value is -0.870. The van der Waals surface area contributed by atoms with Gasteiger partial charge in [0, 0.05) is 32.0 Å². The summed E-state index contributed by atoms with van der Waals surface area (Å²) in [6.07, 6.45) is 6.49. The molecule has 0 saturated carbocycles. The van der Waals surface area contributed by atoms with Crippen LogP contribution in [-0.4, -0.2) is 40.6 Å². The number of hydrogen-bond acceptors (Lipinski definition) is 3. The molecule has 4 nitrogen and oxygen atoms in total. The van der Waals surface area contributed by atoms with Crippen LogP contribution in [0.4, 0.5) is 0 Å². The monoisotopic (exact) mass is 208 g/mol. The van der Waals surface area contributed by atoms with Gasteiger partial charge in [0.25, 0.3) is 0 Å². The van der Waals surface area contributed by atoms with E-state index in [9.17, 15) is 0 Å². The minimum absolute atomic E-state index is 0.676. The molecule has 15 heavy (non-hydrogen) atoms. The van der Waals surface area contributed by atoms with Gasteiger partial charge in [-0.05, 0) is 26.4 Å². The number of rotatable bonds is 4. The molecule has 1 aliphatic heterocycles. The Labute approximate surface area is 91.3 Å². The number of imidazole rings is 1. The molecular formula is C11H20N4. The molecule has 0 radical (unpaired) electrons. The first-order chi connectivity index (χ1) is 7.25. The van der Waals surface area contributed by atoms with Gasteiger partial charge < -0.3 is 9.88 Å².